The van der Waals surface area contributed by atoms with Crippen molar-refractivity contribution in [1.82, 2.24) is 5.32 Å². The summed E-state index contributed by atoms with van der Waals surface area (Å²) in [7, 11) is 3.21. The number of rotatable bonds is 10. The summed E-state index contributed by atoms with van der Waals surface area (Å²) < 4.78 is 16.0. The van der Waals surface area contributed by atoms with Crippen molar-refractivity contribution < 1.29 is 23.8 Å². The van der Waals surface area contributed by atoms with E-state index in [-0.39, 0.29) is 18.9 Å². The molecule has 0 spiro atoms. The Morgan fingerprint density at radius 3 is 2.33 bits per heavy atom. The van der Waals surface area contributed by atoms with E-state index in [4.69, 9.17) is 19.9 Å². The topological polar surface area (TPSA) is 99.9 Å². The lowest BCUT2D eigenvalue weighted by molar-refractivity contribution is -0.123. The van der Waals surface area contributed by atoms with E-state index in [1.807, 2.05) is 18.2 Å². The molecule has 0 unspecified atom stereocenters. The van der Waals surface area contributed by atoms with Gasteiger partial charge in [-0.15, -0.1) is 0 Å². The van der Waals surface area contributed by atoms with Gasteiger partial charge in [0.25, 0.3) is 5.91 Å². The number of nitrogens with two attached hydrogens (primary N) is 1. The summed E-state index contributed by atoms with van der Waals surface area (Å²) in [5.41, 5.74) is 6.89. The van der Waals surface area contributed by atoms with Crippen molar-refractivity contribution in [2.75, 3.05) is 27.4 Å². The second kappa shape index (κ2) is 10.1. The van der Waals surface area contributed by atoms with Crippen molar-refractivity contribution in [1.29, 1.82) is 0 Å². The number of methoxy groups -OCH3 is 2. The maximum absolute atomic E-state index is 11.9. The molecule has 2 amide bonds. The van der Waals surface area contributed by atoms with Crippen LogP contribution in [0.2, 0.25) is 0 Å². The van der Waals surface area contributed by atoms with Gasteiger partial charge in [-0.05, 0) is 47.9 Å². The Morgan fingerprint density at radius 1 is 1.00 bits per heavy atom. The predicted molar refractivity (Wildman–Crippen MR) is 101 cm³/mol. The third-order valence-electron chi connectivity index (χ3n) is 3.88. The number of amides is 2. The maximum Gasteiger partial charge on any atom is 0.257 e. The molecule has 2 aromatic rings. The summed E-state index contributed by atoms with van der Waals surface area (Å²) in [6.45, 7) is 0.355. The molecule has 27 heavy (non-hydrogen) atoms. The second-order valence-electron chi connectivity index (χ2n) is 5.85. The summed E-state index contributed by atoms with van der Waals surface area (Å²) in [4.78, 5) is 22.8. The van der Waals surface area contributed by atoms with E-state index in [0.717, 1.165) is 22.6 Å². The van der Waals surface area contributed by atoms with Gasteiger partial charge in [0.1, 0.15) is 17.2 Å². The first-order valence-electron chi connectivity index (χ1n) is 8.49. The predicted octanol–water partition coefficient (Wildman–Crippen LogP) is 1.47. The summed E-state index contributed by atoms with van der Waals surface area (Å²) in [5.74, 6) is 1.42. The minimum atomic E-state index is -0.393. The number of benzene rings is 2. The lowest BCUT2D eigenvalue weighted by Gasteiger charge is -2.11. The fourth-order valence-electron chi connectivity index (χ4n) is 2.52. The quantitative estimate of drug-likeness (QED) is 0.658. The van der Waals surface area contributed by atoms with E-state index in [1.165, 1.54) is 0 Å². The average molecular weight is 372 g/mol. The minimum absolute atomic E-state index is 0.0928. The van der Waals surface area contributed by atoms with Crippen LogP contribution in [-0.2, 0) is 22.4 Å². The van der Waals surface area contributed by atoms with Crippen LogP contribution in [0.4, 0.5) is 0 Å². The van der Waals surface area contributed by atoms with Gasteiger partial charge >= 0.3 is 0 Å². The Morgan fingerprint density at radius 2 is 1.70 bits per heavy atom. The van der Waals surface area contributed by atoms with Gasteiger partial charge in [-0.2, -0.15) is 0 Å². The van der Waals surface area contributed by atoms with Crippen molar-refractivity contribution in [2.24, 2.45) is 5.73 Å². The van der Waals surface area contributed by atoms with Crippen molar-refractivity contribution in [3.8, 4) is 17.2 Å². The lowest BCUT2D eigenvalue weighted by Crippen LogP contribution is -2.30. The molecular formula is C20H24N2O5. The fourth-order valence-corrected chi connectivity index (χ4v) is 2.52. The number of hydrogen-bond donors (Lipinski definition) is 2. The van der Waals surface area contributed by atoms with Crippen LogP contribution < -0.4 is 25.3 Å². The van der Waals surface area contributed by atoms with Crippen molar-refractivity contribution in [2.45, 2.75) is 12.8 Å². The van der Waals surface area contributed by atoms with Gasteiger partial charge < -0.3 is 25.3 Å². The molecule has 0 aromatic heterocycles. The second-order valence-corrected chi connectivity index (χ2v) is 5.85. The van der Waals surface area contributed by atoms with E-state index in [2.05, 4.69) is 5.32 Å². The van der Waals surface area contributed by atoms with Crippen molar-refractivity contribution in [3.05, 3.63) is 53.6 Å². The van der Waals surface area contributed by atoms with Crippen molar-refractivity contribution in [3.63, 3.8) is 0 Å². The molecule has 2 aromatic carbocycles. The lowest BCUT2D eigenvalue weighted by atomic mass is 10.1. The zero-order valence-corrected chi connectivity index (χ0v) is 15.5. The molecule has 0 saturated carbocycles. The molecule has 0 fully saturated rings. The van der Waals surface area contributed by atoms with Crippen molar-refractivity contribution >= 4 is 11.8 Å². The van der Waals surface area contributed by atoms with Crippen LogP contribution in [-0.4, -0.2) is 39.2 Å². The summed E-state index contributed by atoms with van der Waals surface area (Å²) >= 11 is 0. The number of ether oxygens (including phenoxy) is 3. The smallest absolute Gasteiger partial charge is 0.257 e. The number of hydrogen-bond acceptors (Lipinski definition) is 5. The van der Waals surface area contributed by atoms with Gasteiger partial charge in [-0.25, -0.2) is 0 Å². The third-order valence-corrected chi connectivity index (χ3v) is 3.88. The summed E-state index contributed by atoms with van der Waals surface area (Å²) in [6.07, 6.45) is 0.780. The van der Waals surface area contributed by atoms with Crippen LogP contribution in [0.15, 0.2) is 42.5 Å². The highest BCUT2D eigenvalue weighted by Crippen LogP contribution is 2.24. The largest absolute Gasteiger partial charge is 0.497 e. The molecule has 3 N–H and O–H groups in total. The van der Waals surface area contributed by atoms with Gasteiger partial charge in [-0.1, -0.05) is 12.1 Å². The Bertz CT molecular complexity index is 774. The van der Waals surface area contributed by atoms with Crippen LogP contribution in [0.25, 0.3) is 0 Å². The third kappa shape index (κ3) is 6.54. The number of carbonyl (C=O) groups excluding carboxylic acids is 2. The van der Waals surface area contributed by atoms with E-state index in [0.29, 0.717) is 18.7 Å². The minimum Gasteiger partial charge on any atom is -0.497 e. The van der Waals surface area contributed by atoms with E-state index < -0.39 is 5.91 Å². The molecule has 0 atom stereocenters. The molecule has 7 heteroatoms. The highest BCUT2D eigenvalue weighted by atomic mass is 16.5. The summed E-state index contributed by atoms with van der Waals surface area (Å²) in [6, 6.07) is 12.4. The van der Waals surface area contributed by atoms with Gasteiger partial charge in [0.05, 0.1) is 20.6 Å². The molecular weight excluding hydrogens is 348 g/mol. The molecule has 0 aliphatic rings. The van der Waals surface area contributed by atoms with E-state index in [1.54, 1.807) is 38.5 Å². The van der Waals surface area contributed by atoms with Gasteiger partial charge in [-0.3, -0.25) is 9.59 Å². The zero-order chi connectivity index (χ0) is 19.6. The fraction of sp³-hybridized carbons (Fsp3) is 0.300. The molecule has 0 radical (unpaired) electrons. The molecule has 7 nitrogen and oxygen atoms in total. The van der Waals surface area contributed by atoms with Crippen LogP contribution in [0.5, 0.6) is 17.2 Å². The number of primary amides is 1. The number of carbonyl (C=O) groups is 2. The Balaban J connectivity index is 1.77. The van der Waals surface area contributed by atoms with Gasteiger partial charge in [0, 0.05) is 6.54 Å². The normalized spacial score (nSPS) is 10.1. The first-order valence-corrected chi connectivity index (χ1v) is 8.49. The summed E-state index contributed by atoms with van der Waals surface area (Å²) in [5, 5.41) is 2.81. The maximum atomic E-state index is 11.9. The Labute approximate surface area is 158 Å². The van der Waals surface area contributed by atoms with Crippen LogP contribution in [0.3, 0.4) is 0 Å². The SMILES string of the molecule is COc1ccc(OC)c(CCNC(=O)COc2ccc(CC(N)=O)cc2)c1. The molecule has 0 aliphatic carbocycles. The first kappa shape index (κ1) is 20.1. The monoisotopic (exact) mass is 372 g/mol. The highest BCUT2D eigenvalue weighted by Gasteiger charge is 2.07. The zero-order valence-electron chi connectivity index (χ0n) is 15.5. The van der Waals surface area contributed by atoms with Crippen LogP contribution >= 0.6 is 0 Å². The van der Waals surface area contributed by atoms with E-state index in [9.17, 15) is 9.59 Å². The van der Waals surface area contributed by atoms with Gasteiger partial charge in [0.2, 0.25) is 5.91 Å². The molecule has 0 bridgehead atoms. The standard InChI is InChI=1S/C20H24N2O5/c1-25-17-7-8-18(26-2)15(12-17)9-10-22-20(24)13-27-16-5-3-14(4-6-16)11-19(21)23/h3-8,12H,9-11,13H2,1-2H3,(H2,21,23)(H,22,24). The number of nitrogens with one attached hydrogen (secondary N) is 1. The van der Waals surface area contributed by atoms with Gasteiger partial charge in [0.15, 0.2) is 6.61 Å². The van der Waals surface area contributed by atoms with E-state index >= 15 is 0 Å². The molecule has 2 rings (SSSR count). The molecule has 0 heterocycles. The first-order chi connectivity index (χ1) is 13.0. The molecule has 0 saturated heterocycles. The van der Waals surface area contributed by atoms with Crippen LogP contribution in [0.1, 0.15) is 11.1 Å². The Kier molecular flexibility index (Phi) is 7.49. The van der Waals surface area contributed by atoms with Crippen LogP contribution in [0, 0.1) is 0 Å². The molecule has 0 aliphatic heterocycles. The average Bonchev–Trinajstić information content (AvgIpc) is 2.67. The molecule has 144 valence electrons. The Hall–Kier alpha value is -3.22. The highest BCUT2D eigenvalue weighted by molar-refractivity contribution is 5.77.